The molecule has 1 fully saturated rings. The molecule has 3 rings (SSSR count). The van der Waals surface area contributed by atoms with E-state index in [9.17, 15) is 5.11 Å². The van der Waals surface area contributed by atoms with E-state index in [1.165, 1.54) is 0 Å². The molecule has 1 atom stereocenters. The molecular weight excluding hydrogens is 304 g/mol. The number of rotatable bonds is 5. The van der Waals surface area contributed by atoms with Gasteiger partial charge in [0, 0.05) is 37.9 Å². The van der Waals surface area contributed by atoms with Gasteiger partial charge in [-0.25, -0.2) is 4.68 Å². The molecule has 0 unspecified atom stereocenters. The predicted octanol–water partition coefficient (Wildman–Crippen LogP) is 1.17. The Bertz CT molecular complexity index is 656. The Hall–Kier alpha value is -1.99. The standard InChI is InChI=1S/C17H26N6O/c1-4-15(12-24)21-7-9-22(10-8-21)16-5-6-17(19-18-16)23-14(3)11-13(2)20-23/h5-6,11,15,24H,4,7-10,12H2,1-3H3/t15-/m0/s1. The second-order valence-electron chi connectivity index (χ2n) is 6.36. The summed E-state index contributed by atoms with van der Waals surface area (Å²) in [5, 5.41) is 22.6. The van der Waals surface area contributed by atoms with Gasteiger partial charge in [0.15, 0.2) is 11.6 Å². The van der Waals surface area contributed by atoms with Crippen molar-refractivity contribution in [3.63, 3.8) is 0 Å². The molecule has 0 aromatic carbocycles. The van der Waals surface area contributed by atoms with Crippen LogP contribution in [0.15, 0.2) is 18.2 Å². The number of aryl methyl sites for hydroxylation is 2. The maximum absolute atomic E-state index is 9.44. The Morgan fingerprint density at radius 2 is 1.75 bits per heavy atom. The van der Waals surface area contributed by atoms with Crippen molar-refractivity contribution in [2.45, 2.75) is 33.2 Å². The highest BCUT2D eigenvalue weighted by Gasteiger charge is 2.23. The van der Waals surface area contributed by atoms with E-state index in [1.54, 1.807) is 0 Å². The molecule has 0 aliphatic carbocycles. The van der Waals surface area contributed by atoms with Gasteiger partial charge in [0.25, 0.3) is 0 Å². The number of hydrogen-bond acceptors (Lipinski definition) is 6. The molecule has 1 aliphatic heterocycles. The third kappa shape index (κ3) is 3.42. The normalized spacial score (nSPS) is 17.2. The van der Waals surface area contributed by atoms with Crippen LogP contribution in [0.1, 0.15) is 24.7 Å². The molecule has 3 heterocycles. The summed E-state index contributed by atoms with van der Waals surface area (Å²) in [7, 11) is 0. The monoisotopic (exact) mass is 330 g/mol. The number of nitrogens with zero attached hydrogens (tertiary/aromatic N) is 6. The summed E-state index contributed by atoms with van der Waals surface area (Å²) in [5.41, 5.74) is 2.03. The van der Waals surface area contributed by atoms with Crippen molar-refractivity contribution in [3.05, 3.63) is 29.6 Å². The third-order valence-electron chi connectivity index (χ3n) is 4.70. The average molecular weight is 330 g/mol. The van der Waals surface area contributed by atoms with Gasteiger partial charge in [-0.3, -0.25) is 4.90 Å². The van der Waals surface area contributed by atoms with Gasteiger partial charge < -0.3 is 10.0 Å². The van der Waals surface area contributed by atoms with Crippen molar-refractivity contribution in [1.82, 2.24) is 24.9 Å². The maximum atomic E-state index is 9.44. The van der Waals surface area contributed by atoms with Crippen LogP contribution in [0.4, 0.5) is 5.82 Å². The SMILES string of the molecule is CC[C@@H](CO)N1CCN(c2ccc(-n3nc(C)cc3C)nn2)CC1. The van der Waals surface area contributed by atoms with Crippen LogP contribution in [-0.2, 0) is 0 Å². The summed E-state index contributed by atoms with van der Waals surface area (Å²) >= 11 is 0. The first-order valence-corrected chi connectivity index (χ1v) is 8.59. The van der Waals surface area contributed by atoms with Crippen molar-refractivity contribution in [3.8, 4) is 5.82 Å². The van der Waals surface area contributed by atoms with Crippen LogP contribution in [0.3, 0.4) is 0 Å². The fourth-order valence-corrected chi connectivity index (χ4v) is 3.28. The maximum Gasteiger partial charge on any atom is 0.176 e. The summed E-state index contributed by atoms with van der Waals surface area (Å²) in [5.74, 6) is 1.64. The molecule has 7 nitrogen and oxygen atoms in total. The minimum absolute atomic E-state index is 0.230. The van der Waals surface area contributed by atoms with E-state index in [1.807, 2.05) is 36.7 Å². The van der Waals surface area contributed by atoms with E-state index in [0.717, 1.165) is 55.6 Å². The van der Waals surface area contributed by atoms with E-state index in [4.69, 9.17) is 0 Å². The number of aliphatic hydroxyl groups excluding tert-OH is 1. The minimum Gasteiger partial charge on any atom is -0.395 e. The lowest BCUT2D eigenvalue weighted by atomic mass is 10.1. The Morgan fingerprint density at radius 1 is 1.08 bits per heavy atom. The molecule has 130 valence electrons. The van der Waals surface area contributed by atoms with Crippen LogP contribution < -0.4 is 4.90 Å². The lowest BCUT2D eigenvalue weighted by Gasteiger charge is -2.38. The van der Waals surface area contributed by atoms with E-state index in [-0.39, 0.29) is 12.6 Å². The summed E-state index contributed by atoms with van der Waals surface area (Å²) in [6.07, 6.45) is 0.980. The van der Waals surface area contributed by atoms with Crippen LogP contribution in [0.2, 0.25) is 0 Å². The van der Waals surface area contributed by atoms with Gasteiger partial charge in [0.1, 0.15) is 0 Å². The molecule has 0 radical (unpaired) electrons. The van der Waals surface area contributed by atoms with E-state index < -0.39 is 0 Å². The zero-order valence-electron chi connectivity index (χ0n) is 14.7. The Kier molecular flexibility index (Phi) is 5.11. The second-order valence-corrected chi connectivity index (χ2v) is 6.36. The first kappa shape index (κ1) is 16.9. The minimum atomic E-state index is 0.230. The highest BCUT2D eigenvalue weighted by molar-refractivity contribution is 5.40. The number of hydrogen-bond donors (Lipinski definition) is 1. The number of aromatic nitrogens is 4. The summed E-state index contributed by atoms with van der Waals surface area (Å²) < 4.78 is 1.82. The predicted molar refractivity (Wildman–Crippen MR) is 93.6 cm³/mol. The van der Waals surface area contributed by atoms with Crippen LogP contribution in [0, 0.1) is 13.8 Å². The molecule has 2 aromatic rings. The molecule has 0 saturated carbocycles. The average Bonchev–Trinajstić information content (AvgIpc) is 2.95. The van der Waals surface area contributed by atoms with E-state index in [0.29, 0.717) is 0 Å². The summed E-state index contributed by atoms with van der Waals surface area (Å²) in [6.45, 7) is 10.0. The molecular formula is C17H26N6O. The molecule has 7 heteroatoms. The van der Waals surface area contributed by atoms with Gasteiger partial charge in [0.05, 0.1) is 12.3 Å². The zero-order valence-corrected chi connectivity index (χ0v) is 14.7. The van der Waals surface area contributed by atoms with Gasteiger partial charge >= 0.3 is 0 Å². The van der Waals surface area contributed by atoms with Crippen molar-refractivity contribution in [2.24, 2.45) is 0 Å². The van der Waals surface area contributed by atoms with Crippen LogP contribution in [-0.4, -0.2) is 68.8 Å². The highest BCUT2D eigenvalue weighted by Crippen LogP contribution is 2.17. The van der Waals surface area contributed by atoms with Gasteiger partial charge in [-0.15, -0.1) is 10.2 Å². The Morgan fingerprint density at radius 3 is 2.25 bits per heavy atom. The topological polar surface area (TPSA) is 70.3 Å². The zero-order chi connectivity index (χ0) is 17.1. The van der Waals surface area contributed by atoms with Crippen LogP contribution in [0.25, 0.3) is 5.82 Å². The fraction of sp³-hybridized carbons (Fsp3) is 0.588. The number of aliphatic hydroxyl groups is 1. The Balaban J connectivity index is 1.66. The van der Waals surface area contributed by atoms with Gasteiger partial charge in [0.2, 0.25) is 0 Å². The fourth-order valence-electron chi connectivity index (χ4n) is 3.28. The van der Waals surface area contributed by atoms with Crippen molar-refractivity contribution in [2.75, 3.05) is 37.7 Å². The quantitative estimate of drug-likeness (QED) is 0.887. The lowest BCUT2D eigenvalue weighted by Crippen LogP contribution is -2.51. The first-order valence-electron chi connectivity index (χ1n) is 8.59. The van der Waals surface area contributed by atoms with Gasteiger partial charge in [-0.1, -0.05) is 6.92 Å². The molecule has 0 amide bonds. The van der Waals surface area contributed by atoms with Crippen molar-refractivity contribution < 1.29 is 5.11 Å². The number of piperazine rings is 1. The molecule has 2 aromatic heterocycles. The molecule has 1 aliphatic rings. The molecule has 0 bridgehead atoms. The summed E-state index contributed by atoms with van der Waals surface area (Å²) in [6, 6.07) is 6.28. The number of anilines is 1. The highest BCUT2D eigenvalue weighted by atomic mass is 16.3. The smallest absolute Gasteiger partial charge is 0.176 e. The lowest BCUT2D eigenvalue weighted by molar-refractivity contribution is 0.114. The molecule has 1 saturated heterocycles. The van der Waals surface area contributed by atoms with Crippen LogP contribution >= 0.6 is 0 Å². The summed E-state index contributed by atoms with van der Waals surface area (Å²) in [4.78, 5) is 4.60. The Labute approximate surface area is 142 Å². The van der Waals surface area contributed by atoms with Gasteiger partial charge in [-0.05, 0) is 38.5 Å². The van der Waals surface area contributed by atoms with E-state index in [2.05, 4.69) is 32.0 Å². The van der Waals surface area contributed by atoms with Crippen molar-refractivity contribution >= 4 is 5.82 Å². The molecule has 1 N–H and O–H groups in total. The van der Waals surface area contributed by atoms with Crippen LogP contribution in [0.5, 0.6) is 0 Å². The molecule has 0 spiro atoms. The van der Waals surface area contributed by atoms with E-state index >= 15 is 0 Å². The third-order valence-corrected chi connectivity index (χ3v) is 4.70. The van der Waals surface area contributed by atoms with Crippen molar-refractivity contribution in [1.29, 1.82) is 0 Å². The first-order chi connectivity index (χ1) is 11.6. The largest absolute Gasteiger partial charge is 0.395 e. The van der Waals surface area contributed by atoms with Gasteiger partial charge in [-0.2, -0.15) is 5.10 Å². The second kappa shape index (κ2) is 7.27. The molecule has 24 heavy (non-hydrogen) atoms.